The molecule has 4 aromatic rings. The standard InChI is InChI=1S/C31H29Cl2N3O4/c1-18(38)15-36-12-10-19-13-21(14-27(39-2)25(19)16-36)30-29(33)23(9-11-34-30)22-5-4-6-24(28(22)32)26-8-7-20(17-37)31(35-26)40-3/h4-9,11,13-14,17-18,38H,10,12,15-16H2,1-3H3/t18-/m1/s1. The van der Waals surface area contributed by atoms with Gasteiger partial charge in [0.1, 0.15) is 5.75 Å². The van der Waals surface area contributed by atoms with Gasteiger partial charge in [0, 0.05) is 53.6 Å². The van der Waals surface area contributed by atoms with Crippen LogP contribution >= 0.6 is 23.2 Å². The largest absolute Gasteiger partial charge is 0.496 e. The molecule has 1 aliphatic rings. The summed E-state index contributed by atoms with van der Waals surface area (Å²) in [6.45, 7) is 3.97. The predicted octanol–water partition coefficient (Wildman–Crippen LogP) is 6.35. The Hall–Kier alpha value is -3.49. The quantitative estimate of drug-likeness (QED) is 0.244. The fourth-order valence-corrected chi connectivity index (χ4v) is 5.83. The predicted molar refractivity (Wildman–Crippen MR) is 158 cm³/mol. The number of pyridine rings is 2. The van der Waals surface area contributed by atoms with Gasteiger partial charge in [0.25, 0.3) is 0 Å². The number of hydrogen-bond acceptors (Lipinski definition) is 7. The summed E-state index contributed by atoms with van der Waals surface area (Å²) in [5.41, 5.74) is 6.85. The van der Waals surface area contributed by atoms with Crippen LogP contribution < -0.4 is 9.47 Å². The molecular weight excluding hydrogens is 549 g/mol. The van der Waals surface area contributed by atoms with Gasteiger partial charge in [-0.3, -0.25) is 14.7 Å². The van der Waals surface area contributed by atoms with Crippen molar-refractivity contribution in [1.82, 2.24) is 14.9 Å². The highest BCUT2D eigenvalue weighted by Crippen LogP contribution is 2.43. The Bertz CT molecular complexity index is 1560. The minimum atomic E-state index is -0.392. The Labute approximate surface area is 243 Å². The maximum atomic E-state index is 11.3. The van der Waals surface area contributed by atoms with Crippen molar-refractivity contribution in [2.75, 3.05) is 27.3 Å². The summed E-state index contributed by atoms with van der Waals surface area (Å²) in [7, 11) is 3.13. The molecule has 0 saturated heterocycles. The number of rotatable bonds is 8. The van der Waals surface area contributed by atoms with Crippen LogP contribution in [0.5, 0.6) is 11.6 Å². The van der Waals surface area contributed by atoms with Crippen molar-refractivity contribution >= 4 is 29.5 Å². The molecule has 0 bridgehead atoms. The van der Waals surface area contributed by atoms with Gasteiger partial charge in [0.05, 0.1) is 47.3 Å². The first-order valence-electron chi connectivity index (χ1n) is 12.9. The molecule has 5 rings (SSSR count). The van der Waals surface area contributed by atoms with Crippen molar-refractivity contribution in [3.8, 4) is 45.3 Å². The molecule has 3 heterocycles. The van der Waals surface area contributed by atoms with Crippen LogP contribution in [0.1, 0.15) is 28.4 Å². The number of aliphatic hydroxyl groups excluding tert-OH is 1. The van der Waals surface area contributed by atoms with E-state index < -0.39 is 6.10 Å². The minimum Gasteiger partial charge on any atom is -0.496 e. The van der Waals surface area contributed by atoms with Gasteiger partial charge < -0.3 is 14.6 Å². The summed E-state index contributed by atoms with van der Waals surface area (Å²) in [5.74, 6) is 0.999. The van der Waals surface area contributed by atoms with Gasteiger partial charge in [-0.05, 0) is 49.2 Å². The van der Waals surface area contributed by atoms with Crippen LogP contribution in [0, 0.1) is 0 Å². The van der Waals surface area contributed by atoms with Gasteiger partial charge in [-0.25, -0.2) is 4.98 Å². The molecule has 0 spiro atoms. The highest BCUT2D eigenvalue weighted by atomic mass is 35.5. The smallest absolute Gasteiger partial charge is 0.224 e. The van der Waals surface area contributed by atoms with Gasteiger partial charge in [-0.15, -0.1) is 0 Å². The molecular formula is C31H29Cl2N3O4. The second kappa shape index (κ2) is 11.9. The average Bonchev–Trinajstić information content (AvgIpc) is 2.96. The van der Waals surface area contributed by atoms with Crippen molar-refractivity contribution < 1.29 is 19.4 Å². The van der Waals surface area contributed by atoms with E-state index in [9.17, 15) is 9.90 Å². The van der Waals surface area contributed by atoms with E-state index in [0.29, 0.717) is 51.9 Å². The lowest BCUT2D eigenvalue weighted by molar-refractivity contribution is 0.111. The summed E-state index contributed by atoms with van der Waals surface area (Å²) in [6.07, 6.45) is 2.86. The van der Waals surface area contributed by atoms with E-state index in [1.165, 1.54) is 12.7 Å². The molecule has 1 N–H and O–H groups in total. The van der Waals surface area contributed by atoms with Crippen LogP contribution in [-0.2, 0) is 13.0 Å². The zero-order valence-corrected chi connectivity index (χ0v) is 24.0. The van der Waals surface area contributed by atoms with Gasteiger partial charge in [0.2, 0.25) is 5.88 Å². The number of benzene rings is 2. The normalized spacial score (nSPS) is 13.9. The number of aldehydes is 1. The second-order valence-electron chi connectivity index (χ2n) is 9.75. The summed E-state index contributed by atoms with van der Waals surface area (Å²) in [5, 5.41) is 10.8. The highest BCUT2D eigenvalue weighted by Gasteiger charge is 2.24. The van der Waals surface area contributed by atoms with E-state index in [2.05, 4.69) is 20.9 Å². The average molecular weight is 578 g/mol. The molecule has 206 valence electrons. The number of fused-ring (bicyclic) bond motifs is 1. The van der Waals surface area contributed by atoms with Crippen LogP contribution in [0.3, 0.4) is 0 Å². The molecule has 0 aliphatic carbocycles. The first kappa shape index (κ1) is 28.1. The molecule has 0 fully saturated rings. The summed E-state index contributed by atoms with van der Waals surface area (Å²) >= 11 is 14.0. The second-order valence-corrected chi connectivity index (χ2v) is 10.5. The molecule has 0 radical (unpaired) electrons. The Morgan fingerprint density at radius 3 is 2.55 bits per heavy atom. The maximum Gasteiger partial charge on any atom is 0.224 e. The third-order valence-corrected chi connectivity index (χ3v) is 7.85. The SMILES string of the molecule is COc1cc(-c2nccc(-c3cccc(-c4ccc(C=O)c(OC)n4)c3Cl)c2Cl)cc2c1CN(C[C@@H](C)O)CC2. The van der Waals surface area contributed by atoms with E-state index >= 15 is 0 Å². The number of carbonyl (C=O) groups excluding carboxylic acids is 1. The van der Waals surface area contributed by atoms with Crippen LogP contribution in [-0.4, -0.2) is 59.7 Å². The number of methoxy groups -OCH3 is 2. The zero-order valence-electron chi connectivity index (χ0n) is 22.4. The Morgan fingerprint density at radius 2 is 1.82 bits per heavy atom. The Balaban J connectivity index is 1.55. The molecule has 0 saturated carbocycles. The number of nitrogens with zero attached hydrogens (tertiary/aromatic N) is 3. The third kappa shape index (κ3) is 5.43. The number of halogens is 2. The molecule has 40 heavy (non-hydrogen) atoms. The molecule has 9 heteroatoms. The van der Waals surface area contributed by atoms with Crippen molar-refractivity contribution in [3.05, 3.63) is 81.5 Å². The van der Waals surface area contributed by atoms with Crippen LogP contribution in [0.25, 0.3) is 33.6 Å². The fourth-order valence-electron chi connectivity index (χ4n) is 5.18. The first-order chi connectivity index (χ1) is 19.3. The summed E-state index contributed by atoms with van der Waals surface area (Å²) in [6, 6.07) is 15.0. The van der Waals surface area contributed by atoms with Crippen LogP contribution in [0.4, 0.5) is 0 Å². The maximum absolute atomic E-state index is 11.3. The minimum absolute atomic E-state index is 0.230. The van der Waals surface area contributed by atoms with Crippen LogP contribution in [0.2, 0.25) is 10.0 Å². The van der Waals surface area contributed by atoms with Gasteiger partial charge >= 0.3 is 0 Å². The van der Waals surface area contributed by atoms with E-state index in [1.807, 2.05) is 30.3 Å². The lowest BCUT2D eigenvalue weighted by atomic mass is 9.93. The van der Waals surface area contributed by atoms with Crippen molar-refractivity contribution in [2.45, 2.75) is 26.0 Å². The molecule has 0 amide bonds. The van der Waals surface area contributed by atoms with E-state index in [1.54, 1.807) is 32.4 Å². The summed E-state index contributed by atoms with van der Waals surface area (Å²) < 4.78 is 11.1. The number of aromatic nitrogens is 2. The number of β-amino-alcohol motifs (C(OH)–C–C–N with tert-alkyl or cyclic N) is 1. The number of aliphatic hydroxyl groups is 1. The molecule has 2 aromatic heterocycles. The zero-order chi connectivity index (χ0) is 28.4. The lowest BCUT2D eigenvalue weighted by Gasteiger charge is -2.31. The first-order valence-corrected chi connectivity index (χ1v) is 13.6. The molecule has 2 aromatic carbocycles. The van der Waals surface area contributed by atoms with E-state index in [0.717, 1.165) is 41.0 Å². The van der Waals surface area contributed by atoms with Crippen molar-refractivity contribution in [3.63, 3.8) is 0 Å². The number of carbonyl (C=O) groups is 1. The molecule has 0 unspecified atom stereocenters. The summed E-state index contributed by atoms with van der Waals surface area (Å²) in [4.78, 5) is 22.7. The van der Waals surface area contributed by atoms with Crippen molar-refractivity contribution in [1.29, 1.82) is 0 Å². The Morgan fingerprint density at radius 1 is 1.05 bits per heavy atom. The third-order valence-electron chi connectivity index (χ3n) is 7.06. The van der Waals surface area contributed by atoms with E-state index in [4.69, 9.17) is 32.7 Å². The lowest BCUT2D eigenvalue weighted by Crippen LogP contribution is -2.35. The van der Waals surface area contributed by atoms with E-state index in [-0.39, 0.29) is 5.88 Å². The highest BCUT2D eigenvalue weighted by molar-refractivity contribution is 6.39. The van der Waals surface area contributed by atoms with Crippen LogP contribution in [0.15, 0.2) is 54.7 Å². The van der Waals surface area contributed by atoms with Gasteiger partial charge in [-0.2, -0.15) is 0 Å². The number of ether oxygens (including phenoxy) is 2. The van der Waals surface area contributed by atoms with Crippen molar-refractivity contribution in [2.24, 2.45) is 0 Å². The molecule has 1 atom stereocenters. The van der Waals surface area contributed by atoms with Gasteiger partial charge in [-0.1, -0.05) is 41.4 Å². The fraction of sp³-hybridized carbons (Fsp3) is 0.258. The number of hydrogen-bond donors (Lipinski definition) is 1. The van der Waals surface area contributed by atoms with Gasteiger partial charge in [0.15, 0.2) is 6.29 Å². The Kier molecular flexibility index (Phi) is 8.38. The molecule has 1 aliphatic heterocycles. The monoisotopic (exact) mass is 577 g/mol. The topological polar surface area (TPSA) is 84.8 Å². The molecule has 7 nitrogen and oxygen atoms in total.